The highest BCUT2D eigenvalue weighted by Gasteiger charge is 2.72. The van der Waals surface area contributed by atoms with Crippen LogP contribution in [0.25, 0.3) is 0 Å². The Morgan fingerprint density at radius 1 is 0.786 bits per heavy atom. The topological polar surface area (TPSA) is 9.23 Å². The molecular weight excluding hydrogens is 228 g/mol. The summed E-state index contributed by atoms with van der Waals surface area (Å²) in [6.07, 6.45) is -11.2. The molecule has 1 heterocycles. The van der Waals surface area contributed by atoms with Crippen LogP contribution in [0.3, 0.4) is 0 Å². The maximum Gasteiger partial charge on any atom is 0.431 e. The summed E-state index contributed by atoms with van der Waals surface area (Å²) in [7, 11) is 0. The lowest BCUT2D eigenvalue weighted by atomic mass is 10.2. The van der Waals surface area contributed by atoms with Gasteiger partial charge < -0.3 is 0 Å². The molecule has 0 bridgehead atoms. The van der Waals surface area contributed by atoms with Crippen molar-refractivity contribution in [2.75, 3.05) is 0 Å². The van der Waals surface area contributed by atoms with Crippen LogP contribution in [0.2, 0.25) is 0 Å². The number of ether oxygens (including phenoxy) is 1. The molecular formula is C5F8O. The SMILES string of the molecule is FC1=C(F)C(F)(F)C(F)(F)OC1(F)F. The van der Waals surface area contributed by atoms with Crippen LogP contribution in [0, 0.1) is 0 Å². The molecule has 0 atom stereocenters. The molecule has 82 valence electrons. The number of hydrogen-bond acceptors (Lipinski definition) is 1. The van der Waals surface area contributed by atoms with E-state index in [4.69, 9.17) is 0 Å². The highest BCUT2D eigenvalue weighted by Crippen LogP contribution is 2.52. The lowest BCUT2D eigenvalue weighted by molar-refractivity contribution is -0.431. The first kappa shape index (κ1) is 11.2. The van der Waals surface area contributed by atoms with E-state index in [-0.39, 0.29) is 0 Å². The normalized spacial score (nSPS) is 29.1. The van der Waals surface area contributed by atoms with Gasteiger partial charge in [-0.3, -0.25) is 0 Å². The van der Waals surface area contributed by atoms with E-state index in [2.05, 4.69) is 4.74 Å². The van der Waals surface area contributed by atoms with E-state index in [1.165, 1.54) is 0 Å². The minimum atomic E-state index is -5.80. The standard InChI is InChI=1S/C5F8O/c6-1-2(7)4(10,11)14-5(12,13)3(1,8)9. The van der Waals surface area contributed by atoms with Gasteiger partial charge in [0.1, 0.15) is 0 Å². The average Bonchev–Trinajstić information content (AvgIpc) is 1.97. The quantitative estimate of drug-likeness (QED) is 0.579. The van der Waals surface area contributed by atoms with Crippen molar-refractivity contribution in [3.8, 4) is 0 Å². The van der Waals surface area contributed by atoms with Crippen molar-refractivity contribution in [2.24, 2.45) is 0 Å². The first-order chi connectivity index (χ1) is 6.02. The van der Waals surface area contributed by atoms with Gasteiger partial charge in [0.05, 0.1) is 0 Å². The van der Waals surface area contributed by atoms with Gasteiger partial charge in [-0.25, -0.2) is 9.13 Å². The Kier molecular flexibility index (Phi) is 2.07. The predicted octanol–water partition coefficient (Wildman–Crippen LogP) is 2.99. The molecule has 0 N–H and O–H groups in total. The third kappa shape index (κ3) is 1.26. The molecule has 0 spiro atoms. The van der Waals surface area contributed by atoms with Crippen molar-refractivity contribution < 1.29 is 39.9 Å². The van der Waals surface area contributed by atoms with E-state index < -0.39 is 29.8 Å². The Balaban J connectivity index is 3.34. The summed E-state index contributed by atoms with van der Waals surface area (Å²) in [6.45, 7) is 0. The summed E-state index contributed by atoms with van der Waals surface area (Å²) in [5.41, 5.74) is 0. The van der Waals surface area contributed by atoms with Gasteiger partial charge in [0.25, 0.3) is 0 Å². The minimum absolute atomic E-state index is 2.17. The fourth-order valence-corrected chi connectivity index (χ4v) is 0.663. The van der Waals surface area contributed by atoms with Gasteiger partial charge in [0.2, 0.25) is 11.7 Å². The molecule has 1 aliphatic heterocycles. The summed E-state index contributed by atoms with van der Waals surface area (Å²) in [5.74, 6) is -12.6. The maximum atomic E-state index is 12.1. The van der Waals surface area contributed by atoms with Crippen LogP contribution in [0.4, 0.5) is 35.1 Å². The van der Waals surface area contributed by atoms with E-state index in [1.54, 1.807) is 0 Å². The molecule has 1 nitrogen and oxygen atoms in total. The molecule has 0 aromatic heterocycles. The van der Waals surface area contributed by atoms with Crippen molar-refractivity contribution in [3.05, 3.63) is 11.7 Å². The zero-order valence-electron chi connectivity index (χ0n) is 5.93. The fourth-order valence-electron chi connectivity index (χ4n) is 0.663. The lowest BCUT2D eigenvalue weighted by Gasteiger charge is -2.32. The van der Waals surface area contributed by atoms with Crippen molar-refractivity contribution in [1.29, 1.82) is 0 Å². The Morgan fingerprint density at radius 2 is 1.21 bits per heavy atom. The van der Waals surface area contributed by atoms with Crippen LogP contribution in [0.1, 0.15) is 0 Å². The molecule has 0 aliphatic carbocycles. The van der Waals surface area contributed by atoms with E-state index >= 15 is 0 Å². The number of alkyl halides is 6. The molecule has 0 saturated carbocycles. The number of hydrogen-bond donors (Lipinski definition) is 0. The van der Waals surface area contributed by atoms with Crippen molar-refractivity contribution >= 4 is 0 Å². The number of halogens is 8. The van der Waals surface area contributed by atoms with E-state index in [1.807, 2.05) is 0 Å². The first-order valence-corrected chi connectivity index (χ1v) is 2.92. The summed E-state index contributed by atoms with van der Waals surface area (Å²) in [5, 5.41) is 0. The smallest absolute Gasteiger partial charge is 0.244 e. The Labute approximate surface area is 70.9 Å². The Morgan fingerprint density at radius 3 is 1.64 bits per heavy atom. The zero-order valence-corrected chi connectivity index (χ0v) is 5.93. The lowest BCUT2D eigenvalue weighted by Crippen LogP contribution is -2.52. The van der Waals surface area contributed by atoms with Gasteiger partial charge in [-0.1, -0.05) is 0 Å². The monoisotopic (exact) mass is 228 g/mol. The summed E-state index contributed by atoms with van der Waals surface area (Å²) in [4.78, 5) is 0. The molecule has 9 heteroatoms. The second kappa shape index (κ2) is 2.59. The van der Waals surface area contributed by atoms with Crippen molar-refractivity contribution in [3.63, 3.8) is 0 Å². The highest BCUT2D eigenvalue weighted by atomic mass is 19.3. The van der Waals surface area contributed by atoms with Gasteiger partial charge in [0.15, 0.2) is 0 Å². The van der Waals surface area contributed by atoms with Crippen LogP contribution in [0.15, 0.2) is 11.7 Å². The average molecular weight is 228 g/mol. The number of rotatable bonds is 0. The van der Waals surface area contributed by atoms with Crippen LogP contribution in [0.5, 0.6) is 0 Å². The van der Waals surface area contributed by atoms with E-state index in [9.17, 15) is 35.1 Å². The summed E-state index contributed by atoms with van der Waals surface area (Å²) in [6, 6.07) is 0. The molecule has 14 heavy (non-hydrogen) atoms. The van der Waals surface area contributed by atoms with E-state index in [0.717, 1.165) is 0 Å². The van der Waals surface area contributed by atoms with Crippen molar-refractivity contribution in [2.45, 2.75) is 18.1 Å². The predicted molar refractivity (Wildman–Crippen MR) is 25.2 cm³/mol. The van der Waals surface area contributed by atoms with Gasteiger partial charge >= 0.3 is 18.1 Å². The van der Waals surface area contributed by atoms with Gasteiger partial charge in [0, 0.05) is 0 Å². The molecule has 0 radical (unpaired) electrons. The van der Waals surface area contributed by atoms with Crippen LogP contribution >= 0.6 is 0 Å². The summed E-state index contributed by atoms with van der Waals surface area (Å²) >= 11 is 0. The molecule has 0 fully saturated rings. The Hall–Kier alpha value is -0.860. The second-order valence-corrected chi connectivity index (χ2v) is 2.34. The third-order valence-electron chi connectivity index (χ3n) is 1.35. The first-order valence-electron chi connectivity index (χ1n) is 2.92. The van der Waals surface area contributed by atoms with E-state index in [0.29, 0.717) is 0 Å². The Bertz CT molecular complexity index is 292. The van der Waals surface area contributed by atoms with Crippen molar-refractivity contribution in [1.82, 2.24) is 0 Å². The minimum Gasteiger partial charge on any atom is -0.244 e. The summed E-state index contributed by atoms with van der Waals surface area (Å²) < 4.78 is 98.4. The largest absolute Gasteiger partial charge is 0.431 e. The molecule has 1 rings (SSSR count). The molecule has 0 unspecified atom stereocenters. The highest BCUT2D eigenvalue weighted by molar-refractivity contribution is 5.20. The van der Waals surface area contributed by atoms with Gasteiger partial charge in [-0.05, 0) is 0 Å². The van der Waals surface area contributed by atoms with Crippen LogP contribution < -0.4 is 0 Å². The van der Waals surface area contributed by atoms with Gasteiger partial charge in [-0.15, -0.1) is 0 Å². The van der Waals surface area contributed by atoms with Crippen LogP contribution in [-0.2, 0) is 4.74 Å². The fraction of sp³-hybridized carbons (Fsp3) is 0.600. The molecule has 0 saturated heterocycles. The second-order valence-electron chi connectivity index (χ2n) is 2.34. The van der Waals surface area contributed by atoms with Crippen LogP contribution in [-0.4, -0.2) is 18.1 Å². The molecule has 1 aliphatic rings. The molecule has 0 aromatic rings. The third-order valence-corrected chi connectivity index (χ3v) is 1.35. The van der Waals surface area contributed by atoms with Gasteiger partial charge in [-0.2, -0.15) is 30.7 Å². The maximum absolute atomic E-state index is 12.1. The molecule has 0 aromatic carbocycles. The molecule has 0 amide bonds. The zero-order chi connectivity index (χ0) is 11.4.